The van der Waals surface area contributed by atoms with Crippen molar-refractivity contribution in [1.29, 1.82) is 0 Å². The summed E-state index contributed by atoms with van der Waals surface area (Å²) in [6, 6.07) is 2.09. The first kappa shape index (κ1) is 14.2. The second-order valence-electron chi connectivity index (χ2n) is 7.19. The van der Waals surface area contributed by atoms with Crippen LogP contribution >= 0.6 is 0 Å². The predicted molar refractivity (Wildman–Crippen MR) is 86.9 cm³/mol. The molecule has 0 amide bonds. The van der Waals surface area contributed by atoms with E-state index in [0.717, 1.165) is 23.6 Å². The first-order chi connectivity index (χ1) is 10.7. The van der Waals surface area contributed by atoms with Crippen LogP contribution in [0.3, 0.4) is 0 Å². The first-order valence-electron chi connectivity index (χ1n) is 8.39. The van der Waals surface area contributed by atoms with Crippen molar-refractivity contribution in [2.24, 2.45) is 5.41 Å². The third-order valence-electron chi connectivity index (χ3n) is 5.32. The summed E-state index contributed by atoms with van der Waals surface area (Å²) in [5, 5.41) is 8.08. The molecule has 0 unspecified atom stereocenters. The van der Waals surface area contributed by atoms with Crippen LogP contribution in [0, 0.1) is 19.3 Å². The smallest absolute Gasteiger partial charge is 0.159 e. The molecule has 2 saturated heterocycles. The summed E-state index contributed by atoms with van der Waals surface area (Å²) in [5.74, 6) is 0. The summed E-state index contributed by atoms with van der Waals surface area (Å²) in [4.78, 5) is 7.32. The molecule has 5 nitrogen and oxygen atoms in total. The highest BCUT2D eigenvalue weighted by molar-refractivity contribution is 5.47. The SMILES string of the molecule is Cc1cc(C)n2ncc(CN3CCC[C@]4(CCNC4)C3)c2n1. The van der Waals surface area contributed by atoms with Gasteiger partial charge in [-0.05, 0) is 57.7 Å². The van der Waals surface area contributed by atoms with Crippen LogP contribution in [-0.2, 0) is 6.54 Å². The molecule has 4 heterocycles. The number of nitrogens with zero attached hydrogens (tertiary/aromatic N) is 4. The molecule has 0 saturated carbocycles. The monoisotopic (exact) mass is 299 g/mol. The van der Waals surface area contributed by atoms with Crippen LogP contribution in [0.2, 0.25) is 0 Å². The van der Waals surface area contributed by atoms with Crippen LogP contribution in [0.1, 0.15) is 36.2 Å². The molecule has 0 aliphatic carbocycles. The van der Waals surface area contributed by atoms with Gasteiger partial charge in [0.2, 0.25) is 0 Å². The second-order valence-corrected chi connectivity index (χ2v) is 7.19. The summed E-state index contributed by atoms with van der Waals surface area (Å²) in [6.07, 6.45) is 6.02. The maximum Gasteiger partial charge on any atom is 0.159 e. The molecule has 118 valence electrons. The van der Waals surface area contributed by atoms with Crippen molar-refractivity contribution in [2.75, 3.05) is 26.2 Å². The standard InChI is InChI=1S/C17H25N5/c1-13-8-14(2)22-16(20-13)15(9-19-22)10-21-7-3-4-17(12-21)5-6-18-11-17/h8-9,18H,3-7,10-12H2,1-2H3/t17-/m1/s1. The maximum absolute atomic E-state index is 4.71. The van der Waals surface area contributed by atoms with Gasteiger partial charge in [0.05, 0.1) is 6.20 Å². The van der Waals surface area contributed by atoms with E-state index in [0.29, 0.717) is 5.41 Å². The number of likely N-dealkylation sites (tertiary alicyclic amines) is 1. The fourth-order valence-corrected chi connectivity index (χ4v) is 4.26. The summed E-state index contributed by atoms with van der Waals surface area (Å²) in [7, 11) is 0. The van der Waals surface area contributed by atoms with Gasteiger partial charge in [0.1, 0.15) is 0 Å². The number of fused-ring (bicyclic) bond motifs is 1. The Kier molecular flexibility index (Phi) is 3.42. The molecule has 0 aromatic carbocycles. The van der Waals surface area contributed by atoms with Gasteiger partial charge >= 0.3 is 0 Å². The summed E-state index contributed by atoms with van der Waals surface area (Å²) in [5.41, 5.74) is 5.03. The van der Waals surface area contributed by atoms with Crippen molar-refractivity contribution in [3.05, 3.63) is 29.2 Å². The van der Waals surface area contributed by atoms with Gasteiger partial charge in [-0.3, -0.25) is 4.90 Å². The van der Waals surface area contributed by atoms with Gasteiger partial charge in [-0.1, -0.05) is 0 Å². The number of aryl methyl sites for hydroxylation is 2. The van der Waals surface area contributed by atoms with Gasteiger partial charge in [0.25, 0.3) is 0 Å². The summed E-state index contributed by atoms with van der Waals surface area (Å²) >= 11 is 0. The topological polar surface area (TPSA) is 45.5 Å². The number of aromatic nitrogens is 3. The van der Waals surface area contributed by atoms with Gasteiger partial charge in [-0.15, -0.1) is 0 Å². The minimum atomic E-state index is 0.514. The number of hydrogen-bond donors (Lipinski definition) is 1. The lowest BCUT2D eigenvalue weighted by Crippen LogP contribution is -2.44. The van der Waals surface area contributed by atoms with Crippen LogP contribution < -0.4 is 5.32 Å². The highest BCUT2D eigenvalue weighted by Gasteiger charge is 2.37. The lowest BCUT2D eigenvalue weighted by molar-refractivity contribution is 0.0981. The number of piperidine rings is 1. The van der Waals surface area contributed by atoms with E-state index in [1.165, 1.54) is 51.0 Å². The molecular formula is C17H25N5. The largest absolute Gasteiger partial charge is 0.316 e. The highest BCUT2D eigenvalue weighted by atomic mass is 15.3. The normalized spacial score (nSPS) is 26.3. The van der Waals surface area contributed by atoms with Gasteiger partial charge in [0, 0.05) is 36.6 Å². The molecule has 22 heavy (non-hydrogen) atoms. The molecule has 5 heteroatoms. The predicted octanol–water partition coefficient (Wildman–Crippen LogP) is 1.92. The van der Waals surface area contributed by atoms with Crippen molar-refractivity contribution in [1.82, 2.24) is 24.8 Å². The number of nitrogens with one attached hydrogen (secondary N) is 1. The lowest BCUT2D eigenvalue weighted by atomic mass is 9.79. The average molecular weight is 299 g/mol. The van der Waals surface area contributed by atoms with E-state index in [9.17, 15) is 0 Å². The van der Waals surface area contributed by atoms with Crippen molar-refractivity contribution in [2.45, 2.75) is 39.7 Å². The zero-order valence-electron chi connectivity index (χ0n) is 13.6. The lowest BCUT2D eigenvalue weighted by Gasteiger charge is -2.39. The van der Waals surface area contributed by atoms with Gasteiger partial charge < -0.3 is 5.32 Å². The minimum Gasteiger partial charge on any atom is -0.316 e. The fourth-order valence-electron chi connectivity index (χ4n) is 4.26. The minimum absolute atomic E-state index is 0.514. The number of rotatable bonds is 2. The second kappa shape index (κ2) is 5.32. The zero-order valence-corrected chi connectivity index (χ0v) is 13.6. The van der Waals surface area contributed by atoms with Gasteiger partial charge in [-0.2, -0.15) is 5.10 Å². The Morgan fingerprint density at radius 3 is 3.05 bits per heavy atom. The van der Waals surface area contributed by atoms with Crippen molar-refractivity contribution >= 4 is 5.65 Å². The molecule has 1 N–H and O–H groups in total. The van der Waals surface area contributed by atoms with E-state index in [2.05, 4.69) is 35.2 Å². The number of hydrogen-bond acceptors (Lipinski definition) is 4. The molecule has 2 aliphatic heterocycles. The molecule has 0 radical (unpaired) electrons. The summed E-state index contributed by atoms with van der Waals surface area (Å²) in [6.45, 7) is 9.91. The van der Waals surface area contributed by atoms with Crippen LogP contribution in [0.25, 0.3) is 5.65 Å². The fraction of sp³-hybridized carbons (Fsp3) is 0.647. The quantitative estimate of drug-likeness (QED) is 0.920. The Labute approximate surface area is 131 Å². The van der Waals surface area contributed by atoms with Gasteiger partial charge in [0.15, 0.2) is 5.65 Å². The summed E-state index contributed by atoms with van der Waals surface area (Å²) < 4.78 is 1.97. The molecule has 1 spiro atoms. The maximum atomic E-state index is 4.71. The molecule has 1 atom stereocenters. The van der Waals surface area contributed by atoms with Crippen LogP contribution in [0.4, 0.5) is 0 Å². The van der Waals surface area contributed by atoms with Crippen LogP contribution in [0.5, 0.6) is 0 Å². The van der Waals surface area contributed by atoms with Crippen molar-refractivity contribution in [3.63, 3.8) is 0 Å². The molecule has 2 aliphatic rings. The Hall–Kier alpha value is -1.46. The van der Waals surface area contributed by atoms with E-state index in [1.54, 1.807) is 0 Å². The van der Waals surface area contributed by atoms with Crippen LogP contribution in [-0.4, -0.2) is 45.7 Å². The zero-order chi connectivity index (χ0) is 15.2. The average Bonchev–Trinajstić information content (AvgIpc) is 3.08. The van der Waals surface area contributed by atoms with Crippen molar-refractivity contribution in [3.8, 4) is 0 Å². The van der Waals surface area contributed by atoms with E-state index in [1.807, 2.05) is 10.7 Å². The molecule has 2 aromatic rings. The third kappa shape index (κ3) is 2.42. The Morgan fingerprint density at radius 2 is 2.23 bits per heavy atom. The molecule has 2 aromatic heterocycles. The Bertz CT molecular complexity index is 684. The van der Waals surface area contributed by atoms with E-state index < -0.39 is 0 Å². The van der Waals surface area contributed by atoms with Crippen LogP contribution in [0.15, 0.2) is 12.3 Å². The molecule has 0 bridgehead atoms. The van der Waals surface area contributed by atoms with E-state index in [-0.39, 0.29) is 0 Å². The first-order valence-corrected chi connectivity index (χ1v) is 8.39. The van der Waals surface area contributed by atoms with E-state index >= 15 is 0 Å². The molecular weight excluding hydrogens is 274 g/mol. The van der Waals surface area contributed by atoms with Gasteiger partial charge in [-0.25, -0.2) is 9.50 Å². The molecule has 4 rings (SSSR count). The Balaban J connectivity index is 1.58. The van der Waals surface area contributed by atoms with Crippen molar-refractivity contribution < 1.29 is 0 Å². The highest BCUT2D eigenvalue weighted by Crippen LogP contribution is 2.36. The Morgan fingerprint density at radius 1 is 1.32 bits per heavy atom. The third-order valence-corrected chi connectivity index (χ3v) is 5.32. The van der Waals surface area contributed by atoms with E-state index in [4.69, 9.17) is 4.98 Å². The molecule has 2 fully saturated rings.